The van der Waals surface area contributed by atoms with Crippen molar-refractivity contribution < 1.29 is 13.9 Å². The Balaban J connectivity index is 1.96. The Bertz CT molecular complexity index is 1010. The predicted molar refractivity (Wildman–Crippen MR) is 101 cm³/mol. The summed E-state index contributed by atoms with van der Waals surface area (Å²) in [4.78, 5) is 24.7. The fourth-order valence-electron chi connectivity index (χ4n) is 2.46. The van der Waals surface area contributed by atoms with Crippen LogP contribution in [0.5, 0.6) is 5.75 Å². The van der Waals surface area contributed by atoms with Crippen LogP contribution in [0.4, 0.5) is 5.69 Å². The van der Waals surface area contributed by atoms with E-state index in [0.717, 1.165) is 16.5 Å². The van der Waals surface area contributed by atoms with E-state index in [0.29, 0.717) is 22.4 Å². The zero-order valence-corrected chi connectivity index (χ0v) is 15.3. The summed E-state index contributed by atoms with van der Waals surface area (Å²) < 4.78 is 11.2. The van der Waals surface area contributed by atoms with Crippen LogP contribution < -0.4 is 15.7 Å². The minimum Gasteiger partial charge on any atom is -0.497 e. The molecule has 0 saturated carbocycles. The molecular formula is C19H16BrNO4. The molecular weight excluding hydrogens is 386 g/mol. The highest BCUT2D eigenvalue weighted by molar-refractivity contribution is 9.10. The number of halogens is 1. The number of methoxy groups -OCH3 is 1. The predicted octanol–water partition coefficient (Wildman–Crippen LogP) is 4.38. The summed E-state index contributed by atoms with van der Waals surface area (Å²) in [5.74, 6) is 0.0917. The minimum absolute atomic E-state index is 0.0628. The van der Waals surface area contributed by atoms with Crippen LogP contribution in [-0.2, 0) is 6.42 Å². The van der Waals surface area contributed by atoms with Crippen LogP contribution in [0.1, 0.15) is 22.8 Å². The highest BCUT2D eigenvalue weighted by atomic mass is 79.9. The highest BCUT2D eigenvalue weighted by Crippen LogP contribution is 2.25. The van der Waals surface area contributed by atoms with E-state index >= 15 is 0 Å². The van der Waals surface area contributed by atoms with Gasteiger partial charge < -0.3 is 14.5 Å². The molecule has 0 radical (unpaired) electrons. The number of hydrogen-bond acceptors (Lipinski definition) is 4. The quantitative estimate of drug-likeness (QED) is 0.658. The van der Waals surface area contributed by atoms with Gasteiger partial charge in [0.15, 0.2) is 0 Å². The van der Waals surface area contributed by atoms with Crippen LogP contribution in [0.2, 0.25) is 0 Å². The van der Waals surface area contributed by atoms with Crippen molar-refractivity contribution in [2.45, 2.75) is 13.3 Å². The van der Waals surface area contributed by atoms with Crippen molar-refractivity contribution in [3.63, 3.8) is 0 Å². The van der Waals surface area contributed by atoms with E-state index in [9.17, 15) is 9.59 Å². The van der Waals surface area contributed by atoms with Gasteiger partial charge in [-0.3, -0.25) is 4.79 Å². The summed E-state index contributed by atoms with van der Waals surface area (Å²) in [6, 6.07) is 12.2. The van der Waals surface area contributed by atoms with Crippen molar-refractivity contribution in [1.29, 1.82) is 0 Å². The second-order valence-corrected chi connectivity index (χ2v) is 6.33. The highest BCUT2D eigenvalue weighted by Gasteiger charge is 2.15. The summed E-state index contributed by atoms with van der Waals surface area (Å²) in [5, 5.41) is 3.35. The van der Waals surface area contributed by atoms with Gasteiger partial charge in [-0.05, 0) is 64.3 Å². The van der Waals surface area contributed by atoms with Gasteiger partial charge in [0.1, 0.15) is 16.9 Å². The number of fused-ring (bicyclic) bond motifs is 1. The van der Waals surface area contributed by atoms with E-state index in [1.165, 1.54) is 6.07 Å². The third kappa shape index (κ3) is 3.58. The van der Waals surface area contributed by atoms with Gasteiger partial charge in [-0.1, -0.05) is 13.0 Å². The van der Waals surface area contributed by atoms with Crippen molar-refractivity contribution in [3.8, 4) is 5.75 Å². The average molecular weight is 402 g/mol. The number of nitrogens with one attached hydrogen (secondary N) is 1. The topological polar surface area (TPSA) is 68.5 Å². The Labute approximate surface area is 152 Å². The molecule has 0 spiro atoms. The molecule has 0 atom stereocenters. The maximum absolute atomic E-state index is 12.5. The number of carbonyl (C=O) groups is 1. The first-order chi connectivity index (χ1) is 12.0. The van der Waals surface area contributed by atoms with Crippen molar-refractivity contribution in [3.05, 3.63) is 68.5 Å². The fourth-order valence-corrected chi connectivity index (χ4v) is 2.98. The SMILES string of the molecule is CCc1ccc(NC(=O)c2cc3cc(OC)ccc3oc2=O)c(Br)c1. The molecule has 0 unspecified atom stereocenters. The number of aryl methyl sites for hydroxylation is 1. The Hall–Kier alpha value is -2.60. The van der Waals surface area contributed by atoms with E-state index in [-0.39, 0.29) is 5.56 Å². The van der Waals surface area contributed by atoms with Crippen molar-refractivity contribution in [1.82, 2.24) is 0 Å². The molecule has 2 aromatic carbocycles. The summed E-state index contributed by atoms with van der Waals surface area (Å²) in [5.41, 5.74) is 1.38. The van der Waals surface area contributed by atoms with Crippen LogP contribution in [0.15, 0.2) is 56.1 Å². The average Bonchev–Trinajstić information content (AvgIpc) is 2.62. The molecule has 3 rings (SSSR count). The summed E-state index contributed by atoms with van der Waals surface area (Å²) in [7, 11) is 1.55. The van der Waals surface area contributed by atoms with Crippen LogP contribution in [-0.4, -0.2) is 13.0 Å². The van der Waals surface area contributed by atoms with Crippen molar-refractivity contribution >= 4 is 38.5 Å². The molecule has 1 aromatic heterocycles. The van der Waals surface area contributed by atoms with Crippen molar-refractivity contribution in [2.75, 3.05) is 12.4 Å². The number of rotatable bonds is 4. The minimum atomic E-state index is -0.684. The molecule has 1 N–H and O–H groups in total. The summed E-state index contributed by atoms with van der Waals surface area (Å²) in [6.07, 6.45) is 0.892. The Morgan fingerprint density at radius 2 is 2.00 bits per heavy atom. The summed E-state index contributed by atoms with van der Waals surface area (Å²) >= 11 is 3.43. The number of amides is 1. The second-order valence-electron chi connectivity index (χ2n) is 5.47. The van der Waals surface area contributed by atoms with Gasteiger partial charge in [0.25, 0.3) is 5.91 Å². The molecule has 1 heterocycles. The number of hydrogen-bond donors (Lipinski definition) is 1. The van der Waals surface area contributed by atoms with Gasteiger partial charge in [-0.2, -0.15) is 0 Å². The smallest absolute Gasteiger partial charge is 0.349 e. The molecule has 0 bridgehead atoms. The molecule has 0 saturated heterocycles. The first kappa shape index (κ1) is 17.2. The number of ether oxygens (including phenoxy) is 1. The molecule has 1 amide bonds. The zero-order valence-electron chi connectivity index (χ0n) is 13.8. The molecule has 5 nitrogen and oxygen atoms in total. The largest absolute Gasteiger partial charge is 0.497 e. The van der Waals surface area contributed by atoms with Crippen molar-refractivity contribution in [2.24, 2.45) is 0 Å². The molecule has 128 valence electrons. The second kappa shape index (κ2) is 7.11. The maximum Gasteiger partial charge on any atom is 0.349 e. The van der Waals surface area contributed by atoms with Gasteiger partial charge in [-0.15, -0.1) is 0 Å². The Morgan fingerprint density at radius 3 is 2.68 bits per heavy atom. The molecule has 0 aliphatic heterocycles. The van der Waals surface area contributed by atoms with E-state index in [1.807, 2.05) is 12.1 Å². The van der Waals surface area contributed by atoms with E-state index in [2.05, 4.69) is 28.2 Å². The first-order valence-electron chi connectivity index (χ1n) is 7.73. The fraction of sp³-hybridized carbons (Fsp3) is 0.158. The van der Waals surface area contributed by atoms with Crippen LogP contribution >= 0.6 is 15.9 Å². The van der Waals surface area contributed by atoms with E-state index in [4.69, 9.17) is 9.15 Å². The van der Waals surface area contributed by atoms with E-state index in [1.54, 1.807) is 31.4 Å². The first-order valence-corrected chi connectivity index (χ1v) is 8.52. The lowest BCUT2D eigenvalue weighted by Crippen LogP contribution is -2.20. The Morgan fingerprint density at radius 1 is 1.20 bits per heavy atom. The van der Waals surface area contributed by atoms with Gasteiger partial charge in [0.05, 0.1) is 12.8 Å². The maximum atomic E-state index is 12.5. The van der Waals surface area contributed by atoms with Gasteiger partial charge in [0.2, 0.25) is 0 Å². The Kier molecular flexibility index (Phi) is 4.90. The summed E-state index contributed by atoms with van der Waals surface area (Å²) in [6.45, 7) is 2.05. The normalized spacial score (nSPS) is 10.7. The third-order valence-electron chi connectivity index (χ3n) is 3.87. The molecule has 0 fully saturated rings. The lowest BCUT2D eigenvalue weighted by molar-refractivity contribution is 0.102. The van der Waals surface area contributed by atoms with Gasteiger partial charge >= 0.3 is 5.63 Å². The molecule has 25 heavy (non-hydrogen) atoms. The van der Waals surface area contributed by atoms with E-state index < -0.39 is 11.5 Å². The van der Waals surface area contributed by atoms with Crippen LogP contribution in [0, 0.1) is 0 Å². The monoisotopic (exact) mass is 401 g/mol. The lowest BCUT2D eigenvalue weighted by atomic mass is 10.1. The molecule has 6 heteroatoms. The standard InChI is InChI=1S/C19H16BrNO4/c1-3-11-4-6-16(15(20)8-11)21-18(22)14-10-12-9-13(24-2)5-7-17(12)25-19(14)23/h4-10H,3H2,1-2H3,(H,21,22). The number of carbonyl (C=O) groups excluding carboxylic acids is 1. The lowest BCUT2D eigenvalue weighted by Gasteiger charge is -2.09. The molecule has 0 aliphatic rings. The number of anilines is 1. The molecule has 0 aliphatic carbocycles. The molecule has 3 aromatic rings. The van der Waals surface area contributed by atoms with Gasteiger partial charge in [-0.25, -0.2) is 4.79 Å². The van der Waals surface area contributed by atoms with Crippen LogP contribution in [0.25, 0.3) is 11.0 Å². The number of benzene rings is 2. The van der Waals surface area contributed by atoms with Gasteiger partial charge in [0, 0.05) is 9.86 Å². The third-order valence-corrected chi connectivity index (χ3v) is 4.53. The zero-order chi connectivity index (χ0) is 18.0. The van der Waals surface area contributed by atoms with Crippen LogP contribution in [0.3, 0.4) is 0 Å².